The number of esters is 1. The Hall–Kier alpha value is -4.24. The van der Waals surface area contributed by atoms with Crippen LogP contribution in [0.3, 0.4) is 0 Å². The molecule has 1 atom stereocenters. The van der Waals surface area contributed by atoms with Crippen molar-refractivity contribution in [1.29, 1.82) is 0 Å². The lowest BCUT2D eigenvalue weighted by Crippen LogP contribution is -2.39. The van der Waals surface area contributed by atoms with E-state index >= 15 is 0 Å². The van der Waals surface area contributed by atoms with Crippen molar-refractivity contribution in [2.24, 2.45) is 4.99 Å². The Morgan fingerprint density at radius 1 is 1.10 bits per heavy atom. The van der Waals surface area contributed by atoms with Gasteiger partial charge in [-0.3, -0.25) is 9.36 Å². The molecule has 3 heterocycles. The van der Waals surface area contributed by atoms with Gasteiger partial charge in [0.05, 0.1) is 28.5 Å². The first-order chi connectivity index (χ1) is 19.1. The highest BCUT2D eigenvalue weighted by Crippen LogP contribution is 2.31. The maximum atomic E-state index is 13.9. The zero-order valence-corrected chi connectivity index (χ0v) is 24.2. The van der Waals surface area contributed by atoms with E-state index in [9.17, 15) is 14.0 Å². The number of rotatable bonds is 6. The number of ether oxygens (including phenoxy) is 1. The molecule has 0 saturated heterocycles. The van der Waals surface area contributed by atoms with Gasteiger partial charge in [-0.15, -0.1) is 0 Å². The number of hydrogen-bond acceptors (Lipinski definition) is 6. The highest BCUT2D eigenvalue weighted by atomic mass is 32.1. The molecule has 1 aliphatic heterocycles. The summed E-state index contributed by atoms with van der Waals surface area (Å²) in [6, 6.07) is 15.4. The van der Waals surface area contributed by atoms with Gasteiger partial charge in [0.1, 0.15) is 5.82 Å². The summed E-state index contributed by atoms with van der Waals surface area (Å²) in [6.45, 7) is 7.71. The number of allylic oxidation sites excluding steroid dienone is 1. The standard InChI is InChI=1S/C31H31FN4O3S/c1-7-39-30(38)27-19(3)33-31-36(28(27)21-8-10-23(32)11-9-21)29(37)26(40-31)17-22-16-18(2)35(20(22)4)25-14-12-24(13-15-25)34(5)6/h8-17,28H,7H2,1-6H3/b26-17+/t28-/m0/s1. The quantitative estimate of drug-likeness (QED) is 0.329. The maximum absolute atomic E-state index is 13.9. The second-order valence-corrected chi connectivity index (χ2v) is 10.9. The van der Waals surface area contributed by atoms with Gasteiger partial charge in [0.25, 0.3) is 5.56 Å². The van der Waals surface area contributed by atoms with Gasteiger partial charge in [0, 0.05) is 36.9 Å². The van der Waals surface area contributed by atoms with Gasteiger partial charge in [-0.05, 0) is 87.4 Å². The van der Waals surface area contributed by atoms with E-state index in [-0.39, 0.29) is 17.7 Å². The molecule has 206 valence electrons. The van der Waals surface area contributed by atoms with Crippen LogP contribution in [0.15, 0.2) is 75.7 Å². The SMILES string of the molecule is CCOC(=O)C1=C(C)N=c2s/c(=C/c3cc(C)n(-c4ccc(N(C)C)cc4)c3C)c(=O)n2[C@H]1c1ccc(F)cc1. The molecule has 0 fully saturated rings. The maximum Gasteiger partial charge on any atom is 0.338 e. The molecule has 0 radical (unpaired) electrons. The molecule has 0 aliphatic carbocycles. The van der Waals surface area contributed by atoms with Gasteiger partial charge in [-0.1, -0.05) is 23.5 Å². The van der Waals surface area contributed by atoms with Gasteiger partial charge in [0.15, 0.2) is 4.80 Å². The van der Waals surface area contributed by atoms with Crippen LogP contribution in [0.4, 0.5) is 10.1 Å². The summed E-state index contributed by atoms with van der Waals surface area (Å²) in [5, 5.41) is 0. The fraction of sp³-hybridized carbons (Fsp3) is 0.258. The van der Waals surface area contributed by atoms with Crippen LogP contribution in [0.5, 0.6) is 0 Å². The van der Waals surface area contributed by atoms with E-state index in [2.05, 4.69) is 44.8 Å². The van der Waals surface area contributed by atoms with Crippen molar-refractivity contribution in [3.8, 4) is 5.69 Å². The van der Waals surface area contributed by atoms with Crippen LogP contribution < -0.4 is 19.8 Å². The van der Waals surface area contributed by atoms with Crippen molar-refractivity contribution in [3.05, 3.63) is 114 Å². The van der Waals surface area contributed by atoms with Gasteiger partial charge in [-0.2, -0.15) is 0 Å². The van der Waals surface area contributed by atoms with Crippen LogP contribution in [-0.2, 0) is 9.53 Å². The van der Waals surface area contributed by atoms with Crippen LogP contribution in [0, 0.1) is 19.7 Å². The molecule has 2 aromatic carbocycles. The van der Waals surface area contributed by atoms with Crippen molar-refractivity contribution in [2.75, 3.05) is 25.6 Å². The highest BCUT2D eigenvalue weighted by Gasteiger charge is 2.33. The number of fused-ring (bicyclic) bond motifs is 1. The van der Waals surface area contributed by atoms with E-state index in [4.69, 9.17) is 4.74 Å². The molecule has 0 amide bonds. The van der Waals surface area contributed by atoms with Crippen molar-refractivity contribution in [2.45, 2.75) is 33.7 Å². The number of thiazole rings is 1. The van der Waals surface area contributed by atoms with Gasteiger partial charge < -0.3 is 14.2 Å². The molecular weight excluding hydrogens is 527 g/mol. The second-order valence-electron chi connectivity index (χ2n) is 9.93. The Morgan fingerprint density at radius 2 is 1.77 bits per heavy atom. The highest BCUT2D eigenvalue weighted by molar-refractivity contribution is 7.07. The van der Waals surface area contributed by atoms with Crippen LogP contribution in [-0.4, -0.2) is 35.8 Å². The van der Waals surface area contributed by atoms with E-state index in [1.54, 1.807) is 26.0 Å². The second kappa shape index (κ2) is 10.7. The Balaban J connectivity index is 1.65. The molecule has 0 spiro atoms. The summed E-state index contributed by atoms with van der Waals surface area (Å²) in [7, 11) is 4.01. The first-order valence-electron chi connectivity index (χ1n) is 13.0. The number of halogens is 1. The zero-order valence-electron chi connectivity index (χ0n) is 23.4. The topological polar surface area (TPSA) is 68.8 Å². The van der Waals surface area contributed by atoms with Gasteiger partial charge >= 0.3 is 5.97 Å². The predicted molar refractivity (Wildman–Crippen MR) is 156 cm³/mol. The van der Waals surface area contributed by atoms with Crippen LogP contribution in [0.1, 0.15) is 42.4 Å². The fourth-order valence-corrected chi connectivity index (χ4v) is 6.16. The molecule has 9 heteroatoms. The Labute approximate surface area is 235 Å². The largest absolute Gasteiger partial charge is 0.463 e. The first kappa shape index (κ1) is 27.3. The summed E-state index contributed by atoms with van der Waals surface area (Å²) in [5.41, 5.74) is 6.18. The molecule has 4 aromatic rings. The van der Waals surface area contributed by atoms with Crippen molar-refractivity contribution in [3.63, 3.8) is 0 Å². The Morgan fingerprint density at radius 3 is 2.40 bits per heavy atom. The number of hydrogen-bond donors (Lipinski definition) is 0. The number of aryl methyl sites for hydroxylation is 1. The molecule has 7 nitrogen and oxygen atoms in total. The molecule has 5 rings (SSSR count). The van der Waals surface area contributed by atoms with E-state index in [1.165, 1.54) is 28.0 Å². The molecule has 1 aliphatic rings. The number of anilines is 1. The number of nitrogens with zero attached hydrogens (tertiary/aromatic N) is 4. The summed E-state index contributed by atoms with van der Waals surface area (Å²) >= 11 is 1.27. The van der Waals surface area contributed by atoms with E-state index < -0.39 is 17.8 Å². The van der Waals surface area contributed by atoms with Crippen LogP contribution >= 0.6 is 11.3 Å². The van der Waals surface area contributed by atoms with Crippen LogP contribution in [0.25, 0.3) is 11.8 Å². The molecule has 0 saturated carbocycles. The first-order valence-corrected chi connectivity index (χ1v) is 13.8. The lowest BCUT2D eigenvalue weighted by atomic mass is 9.96. The predicted octanol–water partition coefficient (Wildman–Crippen LogP) is 4.41. The van der Waals surface area contributed by atoms with Crippen molar-refractivity contribution < 1.29 is 13.9 Å². The normalized spacial score (nSPS) is 15.2. The van der Waals surface area contributed by atoms with E-state index in [0.717, 1.165) is 28.3 Å². The summed E-state index contributed by atoms with van der Waals surface area (Å²) in [5.74, 6) is -0.947. The minimum absolute atomic E-state index is 0.184. The van der Waals surface area contributed by atoms with Gasteiger partial charge in [0.2, 0.25) is 0 Å². The van der Waals surface area contributed by atoms with E-state index in [1.807, 2.05) is 34.0 Å². The van der Waals surface area contributed by atoms with E-state index in [0.29, 0.717) is 20.6 Å². The zero-order chi connectivity index (χ0) is 28.7. The third-order valence-electron chi connectivity index (χ3n) is 7.08. The minimum atomic E-state index is -0.777. The Kier molecular flexibility index (Phi) is 7.33. The third-order valence-corrected chi connectivity index (χ3v) is 8.07. The smallest absolute Gasteiger partial charge is 0.338 e. The summed E-state index contributed by atoms with van der Waals surface area (Å²) in [4.78, 5) is 34.1. The lowest BCUT2D eigenvalue weighted by Gasteiger charge is -2.24. The summed E-state index contributed by atoms with van der Waals surface area (Å²) in [6.07, 6.45) is 1.88. The van der Waals surface area contributed by atoms with Crippen LogP contribution in [0.2, 0.25) is 0 Å². The molecule has 0 bridgehead atoms. The average molecular weight is 559 g/mol. The number of aromatic nitrogens is 2. The number of carbonyl (C=O) groups excluding carboxylic acids is 1. The lowest BCUT2D eigenvalue weighted by molar-refractivity contribution is -0.139. The van der Waals surface area contributed by atoms with Crippen molar-refractivity contribution >= 4 is 29.1 Å². The summed E-state index contributed by atoms with van der Waals surface area (Å²) < 4.78 is 23.3. The number of benzene rings is 2. The molecule has 2 aromatic heterocycles. The van der Waals surface area contributed by atoms with Crippen molar-refractivity contribution in [1.82, 2.24) is 9.13 Å². The fourth-order valence-electron chi connectivity index (χ4n) is 5.12. The molecule has 0 N–H and O–H groups in total. The Bertz CT molecular complexity index is 1810. The molecule has 40 heavy (non-hydrogen) atoms. The third kappa shape index (κ3) is 4.81. The average Bonchev–Trinajstić information content (AvgIpc) is 3.37. The molecular formula is C31H31FN4O3S. The monoisotopic (exact) mass is 558 g/mol. The number of carbonyl (C=O) groups is 1. The molecule has 0 unspecified atom stereocenters. The minimum Gasteiger partial charge on any atom is -0.463 e. The van der Waals surface area contributed by atoms with Gasteiger partial charge in [-0.25, -0.2) is 14.2 Å².